The van der Waals surface area contributed by atoms with Crippen molar-refractivity contribution in [3.8, 4) is 0 Å². The van der Waals surface area contributed by atoms with Gasteiger partial charge < -0.3 is 15.4 Å². The summed E-state index contributed by atoms with van der Waals surface area (Å²) in [6.45, 7) is 2.44. The fraction of sp³-hybridized carbons (Fsp3) is 0.250. The summed E-state index contributed by atoms with van der Waals surface area (Å²) in [5, 5.41) is 9.38. The van der Waals surface area contributed by atoms with Crippen LogP contribution in [0, 0.1) is 0 Å². The summed E-state index contributed by atoms with van der Waals surface area (Å²) in [7, 11) is 1.27. The quantitative estimate of drug-likeness (QED) is 0.771. The standard InChI is InChI=1S/C16H18N4O4/c1-3-17-14(21)10-20-8-7-13(19-20)18-15(22)11-5-4-6-12(9-11)16(23)24-2/h4-9H,3,10H2,1-2H3,(H,17,21)(H,18,19,22). The van der Waals surface area contributed by atoms with E-state index in [-0.39, 0.29) is 18.0 Å². The van der Waals surface area contributed by atoms with Gasteiger partial charge in [0.2, 0.25) is 5.91 Å². The Morgan fingerprint density at radius 1 is 1.21 bits per heavy atom. The third-order valence-electron chi connectivity index (χ3n) is 3.11. The molecule has 0 saturated heterocycles. The van der Waals surface area contributed by atoms with Crippen molar-refractivity contribution in [2.45, 2.75) is 13.5 Å². The normalized spacial score (nSPS) is 10.1. The van der Waals surface area contributed by atoms with E-state index >= 15 is 0 Å². The van der Waals surface area contributed by atoms with Crippen LogP contribution in [0.15, 0.2) is 36.5 Å². The molecule has 2 rings (SSSR count). The molecule has 0 aliphatic heterocycles. The summed E-state index contributed by atoms with van der Waals surface area (Å²) < 4.78 is 6.05. The Bertz CT molecular complexity index is 754. The minimum atomic E-state index is -0.518. The number of benzene rings is 1. The van der Waals surface area contributed by atoms with Crippen LogP contribution >= 0.6 is 0 Å². The van der Waals surface area contributed by atoms with E-state index in [1.165, 1.54) is 17.9 Å². The highest BCUT2D eigenvalue weighted by Crippen LogP contribution is 2.10. The molecular weight excluding hydrogens is 312 g/mol. The molecule has 8 heteroatoms. The minimum Gasteiger partial charge on any atom is -0.465 e. The van der Waals surface area contributed by atoms with E-state index in [9.17, 15) is 14.4 Å². The molecule has 0 spiro atoms. The van der Waals surface area contributed by atoms with Gasteiger partial charge in [0.25, 0.3) is 5.91 Å². The number of esters is 1. The van der Waals surface area contributed by atoms with Crippen LogP contribution in [-0.2, 0) is 16.1 Å². The second-order valence-electron chi connectivity index (χ2n) is 4.88. The number of anilines is 1. The number of hydrogen-bond acceptors (Lipinski definition) is 5. The fourth-order valence-corrected chi connectivity index (χ4v) is 2.01. The van der Waals surface area contributed by atoms with Gasteiger partial charge in [-0.25, -0.2) is 4.79 Å². The van der Waals surface area contributed by atoms with Crippen LogP contribution in [0.2, 0.25) is 0 Å². The number of ether oxygens (including phenoxy) is 1. The van der Waals surface area contributed by atoms with Crippen molar-refractivity contribution in [1.29, 1.82) is 0 Å². The number of carbonyl (C=O) groups is 3. The SMILES string of the molecule is CCNC(=O)Cn1ccc(NC(=O)c2cccc(C(=O)OC)c2)n1. The van der Waals surface area contributed by atoms with Crippen molar-refractivity contribution in [2.24, 2.45) is 0 Å². The van der Waals surface area contributed by atoms with Gasteiger partial charge in [0.1, 0.15) is 6.54 Å². The van der Waals surface area contributed by atoms with Crippen LogP contribution in [0.1, 0.15) is 27.6 Å². The highest BCUT2D eigenvalue weighted by Gasteiger charge is 2.12. The van der Waals surface area contributed by atoms with E-state index in [1.54, 1.807) is 30.5 Å². The first-order valence-corrected chi connectivity index (χ1v) is 7.33. The zero-order chi connectivity index (χ0) is 17.5. The number of nitrogens with zero attached hydrogens (tertiary/aromatic N) is 2. The number of hydrogen-bond donors (Lipinski definition) is 2. The summed E-state index contributed by atoms with van der Waals surface area (Å²) >= 11 is 0. The predicted octanol–water partition coefficient (Wildman–Crippen LogP) is 1.06. The Kier molecular flexibility index (Phi) is 5.67. The lowest BCUT2D eigenvalue weighted by Crippen LogP contribution is -2.27. The first kappa shape index (κ1) is 17.2. The zero-order valence-electron chi connectivity index (χ0n) is 13.4. The summed E-state index contributed by atoms with van der Waals surface area (Å²) in [6.07, 6.45) is 1.59. The summed E-state index contributed by atoms with van der Waals surface area (Å²) in [5.74, 6) is -0.781. The molecule has 2 aromatic rings. The minimum absolute atomic E-state index is 0.0710. The number of methoxy groups -OCH3 is 1. The first-order valence-electron chi connectivity index (χ1n) is 7.33. The van der Waals surface area contributed by atoms with Gasteiger partial charge in [-0.05, 0) is 25.1 Å². The van der Waals surface area contributed by atoms with E-state index in [0.29, 0.717) is 17.9 Å². The van der Waals surface area contributed by atoms with Crippen LogP contribution in [0.5, 0.6) is 0 Å². The van der Waals surface area contributed by atoms with Crippen molar-refractivity contribution in [1.82, 2.24) is 15.1 Å². The molecule has 0 unspecified atom stereocenters. The number of nitrogens with one attached hydrogen (secondary N) is 2. The largest absolute Gasteiger partial charge is 0.465 e. The lowest BCUT2D eigenvalue weighted by atomic mass is 10.1. The number of aromatic nitrogens is 2. The average Bonchev–Trinajstić information content (AvgIpc) is 3.01. The molecule has 126 valence electrons. The van der Waals surface area contributed by atoms with Crippen LogP contribution in [0.4, 0.5) is 5.82 Å². The van der Waals surface area contributed by atoms with Crippen molar-refractivity contribution in [2.75, 3.05) is 19.0 Å². The molecule has 0 radical (unpaired) electrons. The summed E-state index contributed by atoms with van der Waals surface area (Å²) in [4.78, 5) is 35.2. The number of carbonyl (C=O) groups excluding carboxylic acids is 3. The van der Waals surface area contributed by atoms with Crippen LogP contribution in [0.3, 0.4) is 0 Å². The molecule has 2 amide bonds. The Morgan fingerprint density at radius 3 is 2.67 bits per heavy atom. The van der Waals surface area contributed by atoms with E-state index in [0.717, 1.165) is 0 Å². The molecule has 0 aliphatic rings. The third kappa shape index (κ3) is 4.42. The Morgan fingerprint density at radius 2 is 1.96 bits per heavy atom. The van der Waals surface area contributed by atoms with Crippen molar-refractivity contribution in [3.63, 3.8) is 0 Å². The van der Waals surface area contributed by atoms with Crippen molar-refractivity contribution in [3.05, 3.63) is 47.7 Å². The average molecular weight is 330 g/mol. The Hall–Kier alpha value is -3.16. The maximum atomic E-state index is 12.2. The zero-order valence-corrected chi connectivity index (χ0v) is 13.4. The monoisotopic (exact) mass is 330 g/mol. The second kappa shape index (κ2) is 7.91. The van der Waals surface area contributed by atoms with E-state index in [4.69, 9.17) is 0 Å². The second-order valence-corrected chi connectivity index (χ2v) is 4.88. The van der Waals surface area contributed by atoms with Gasteiger partial charge in [-0.2, -0.15) is 5.10 Å². The Labute approximate surface area is 138 Å². The molecule has 24 heavy (non-hydrogen) atoms. The van der Waals surface area contributed by atoms with Gasteiger partial charge in [-0.3, -0.25) is 14.3 Å². The van der Waals surface area contributed by atoms with Crippen molar-refractivity contribution >= 4 is 23.6 Å². The van der Waals surface area contributed by atoms with Crippen molar-refractivity contribution < 1.29 is 19.1 Å². The molecule has 2 N–H and O–H groups in total. The van der Waals surface area contributed by atoms with Crippen LogP contribution < -0.4 is 10.6 Å². The van der Waals surface area contributed by atoms with Gasteiger partial charge in [0.05, 0.1) is 12.7 Å². The van der Waals surface area contributed by atoms with Crippen LogP contribution in [0.25, 0.3) is 0 Å². The molecule has 0 saturated carbocycles. The number of amides is 2. The molecule has 0 bridgehead atoms. The molecule has 0 fully saturated rings. The summed E-state index contributed by atoms with van der Waals surface area (Å²) in [6, 6.07) is 7.75. The van der Waals surface area contributed by atoms with E-state index in [2.05, 4.69) is 20.5 Å². The topological polar surface area (TPSA) is 102 Å². The van der Waals surface area contributed by atoms with Crippen LogP contribution in [-0.4, -0.2) is 41.2 Å². The molecule has 8 nitrogen and oxygen atoms in total. The molecule has 1 heterocycles. The van der Waals surface area contributed by atoms with E-state index < -0.39 is 11.9 Å². The predicted molar refractivity (Wildman–Crippen MR) is 86.6 cm³/mol. The fourth-order valence-electron chi connectivity index (χ4n) is 2.01. The molecule has 1 aromatic carbocycles. The number of likely N-dealkylation sites (N-methyl/N-ethyl adjacent to an activating group) is 1. The molecule has 0 atom stereocenters. The summed E-state index contributed by atoms with van der Waals surface area (Å²) in [5.41, 5.74) is 0.586. The highest BCUT2D eigenvalue weighted by atomic mass is 16.5. The molecule has 1 aromatic heterocycles. The van der Waals surface area contributed by atoms with Gasteiger partial charge in [-0.1, -0.05) is 6.07 Å². The van der Waals surface area contributed by atoms with Gasteiger partial charge in [0.15, 0.2) is 5.82 Å². The highest BCUT2D eigenvalue weighted by molar-refractivity contribution is 6.05. The van der Waals surface area contributed by atoms with E-state index in [1.807, 2.05) is 6.92 Å². The number of rotatable bonds is 6. The van der Waals surface area contributed by atoms with Gasteiger partial charge >= 0.3 is 5.97 Å². The lowest BCUT2D eigenvalue weighted by molar-refractivity contribution is -0.121. The first-order chi connectivity index (χ1) is 11.5. The molecule has 0 aliphatic carbocycles. The lowest BCUT2D eigenvalue weighted by Gasteiger charge is -2.05. The Balaban J connectivity index is 2.03. The van der Waals surface area contributed by atoms with Gasteiger partial charge in [-0.15, -0.1) is 0 Å². The maximum Gasteiger partial charge on any atom is 0.337 e. The third-order valence-corrected chi connectivity index (χ3v) is 3.11. The maximum absolute atomic E-state index is 12.2. The molecular formula is C16H18N4O4. The van der Waals surface area contributed by atoms with Gasteiger partial charge in [0, 0.05) is 24.4 Å². The smallest absolute Gasteiger partial charge is 0.337 e.